The number of halogens is 1. The first kappa shape index (κ1) is 26.5. The number of carboxylic acid groups (broad SMARTS) is 1. The summed E-state index contributed by atoms with van der Waals surface area (Å²) in [5.41, 5.74) is 2.51. The molecular formula is C29H38ClN3O3. The van der Waals surface area contributed by atoms with Gasteiger partial charge in [-0.1, -0.05) is 86.2 Å². The second-order valence-corrected chi connectivity index (χ2v) is 10.8. The number of hydrogen-bond donors (Lipinski definition) is 2. The number of likely N-dealkylation sites (tertiary alicyclic amines) is 2. The highest BCUT2D eigenvalue weighted by molar-refractivity contribution is 6.34. The van der Waals surface area contributed by atoms with E-state index in [1.165, 1.54) is 32.1 Å². The number of rotatable bonds is 6. The van der Waals surface area contributed by atoms with Crippen molar-refractivity contribution in [1.29, 1.82) is 0 Å². The first-order valence-corrected chi connectivity index (χ1v) is 13.6. The van der Waals surface area contributed by atoms with E-state index in [-0.39, 0.29) is 11.9 Å². The largest absolute Gasteiger partial charge is 0.465 e. The van der Waals surface area contributed by atoms with E-state index in [0.717, 1.165) is 50.3 Å². The van der Waals surface area contributed by atoms with Gasteiger partial charge in [0.25, 0.3) is 5.91 Å². The Morgan fingerprint density at radius 2 is 1.56 bits per heavy atom. The van der Waals surface area contributed by atoms with Gasteiger partial charge in [0.15, 0.2) is 0 Å². The summed E-state index contributed by atoms with van der Waals surface area (Å²) in [4.78, 5) is 28.6. The number of hydrogen-bond acceptors (Lipinski definition) is 3. The number of amides is 2. The Morgan fingerprint density at radius 3 is 2.11 bits per heavy atom. The number of nitrogens with zero attached hydrogens (tertiary/aromatic N) is 2. The summed E-state index contributed by atoms with van der Waals surface area (Å²) in [5, 5.41) is 12.4. The van der Waals surface area contributed by atoms with E-state index in [1.807, 2.05) is 54.3 Å². The smallest absolute Gasteiger partial charge is 0.405 e. The molecule has 3 aliphatic rings. The summed E-state index contributed by atoms with van der Waals surface area (Å²) >= 11 is 6.30. The van der Waals surface area contributed by atoms with Crippen LogP contribution in [0.3, 0.4) is 0 Å². The fourth-order valence-corrected chi connectivity index (χ4v) is 6.15. The van der Waals surface area contributed by atoms with Crippen molar-refractivity contribution in [3.05, 3.63) is 70.2 Å². The molecule has 194 valence electrons. The van der Waals surface area contributed by atoms with Crippen molar-refractivity contribution in [3.63, 3.8) is 0 Å². The van der Waals surface area contributed by atoms with Gasteiger partial charge < -0.3 is 20.2 Å². The van der Waals surface area contributed by atoms with Gasteiger partial charge in [0.2, 0.25) is 0 Å². The van der Waals surface area contributed by atoms with Gasteiger partial charge in [-0.25, -0.2) is 4.79 Å². The second-order valence-electron chi connectivity index (χ2n) is 10.4. The van der Waals surface area contributed by atoms with Crippen LogP contribution < -0.4 is 5.32 Å². The molecule has 2 aromatic rings. The summed E-state index contributed by atoms with van der Waals surface area (Å²) in [5.74, 6) is 0.933. The highest BCUT2D eigenvalue weighted by Crippen LogP contribution is 2.34. The Balaban J connectivity index is 0.000000543. The van der Waals surface area contributed by atoms with Crippen LogP contribution in [0, 0.1) is 18.8 Å². The lowest BCUT2D eigenvalue weighted by Gasteiger charge is -2.24. The summed E-state index contributed by atoms with van der Waals surface area (Å²) in [6.07, 6.45) is 7.22. The fraction of sp³-hybridized carbons (Fsp3) is 0.517. The third-order valence-corrected chi connectivity index (χ3v) is 8.08. The number of aryl methyl sites for hydroxylation is 1. The lowest BCUT2D eigenvalue weighted by atomic mass is 10.0. The zero-order valence-corrected chi connectivity index (χ0v) is 21.9. The minimum Gasteiger partial charge on any atom is -0.465 e. The second kappa shape index (κ2) is 12.6. The van der Waals surface area contributed by atoms with E-state index in [9.17, 15) is 14.7 Å². The number of carbonyl (C=O) groups is 2. The van der Waals surface area contributed by atoms with E-state index in [2.05, 4.69) is 10.2 Å². The molecule has 2 heterocycles. The molecule has 1 saturated carbocycles. The summed E-state index contributed by atoms with van der Waals surface area (Å²) < 4.78 is 0. The first-order valence-electron chi connectivity index (χ1n) is 13.2. The van der Waals surface area contributed by atoms with Crippen LogP contribution in [0.5, 0.6) is 0 Å². The van der Waals surface area contributed by atoms with Crippen LogP contribution in [0.1, 0.15) is 66.1 Å². The van der Waals surface area contributed by atoms with E-state index < -0.39 is 6.09 Å². The van der Waals surface area contributed by atoms with Gasteiger partial charge in [-0.3, -0.25) is 4.79 Å². The van der Waals surface area contributed by atoms with Crippen LogP contribution in [0.4, 0.5) is 4.79 Å². The van der Waals surface area contributed by atoms with Crippen molar-refractivity contribution >= 4 is 23.6 Å². The predicted octanol–water partition coefficient (Wildman–Crippen LogP) is 6.00. The van der Waals surface area contributed by atoms with Crippen LogP contribution >= 0.6 is 11.6 Å². The molecule has 5 rings (SSSR count). The molecule has 2 amide bonds. The van der Waals surface area contributed by atoms with Crippen LogP contribution in [-0.2, 0) is 0 Å². The molecule has 1 aliphatic carbocycles. The number of carbonyl (C=O) groups excluding carboxylic acids is 1. The molecule has 0 radical (unpaired) electrons. The molecule has 7 heteroatoms. The Labute approximate surface area is 219 Å². The molecule has 2 N–H and O–H groups in total. The number of benzene rings is 2. The van der Waals surface area contributed by atoms with Crippen LogP contribution in [0.15, 0.2) is 48.5 Å². The van der Waals surface area contributed by atoms with Crippen molar-refractivity contribution in [2.45, 2.75) is 51.5 Å². The predicted molar refractivity (Wildman–Crippen MR) is 144 cm³/mol. The highest BCUT2D eigenvalue weighted by atomic mass is 35.5. The maximum Gasteiger partial charge on any atom is 0.405 e. The minimum absolute atomic E-state index is 0.0267. The van der Waals surface area contributed by atoms with Gasteiger partial charge in [0.1, 0.15) is 0 Å². The average molecular weight is 512 g/mol. The maximum atomic E-state index is 13.0. The summed E-state index contributed by atoms with van der Waals surface area (Å²) in [6.45, 7) is 6.12. The maximum absolute atomic E-state index is 13.0. The van der Waals surface area contributed by atoms with Crippen molar-refractivity contribution in [2.24, 2.45) is 11.8 Å². The lowest BCUT2D eigenvalue weighted by molar-refractivity contribution is 0.0773. The SMILES string of the molecule is C1CCCC1.Cc1cccc(Cl)c1C(=O)N1CC2CN(CCC(NC(=O)O)c3ccccc3)C[C@H]2C1. The Morgan fingerprint density at radius 1 is 0.944 bits per heavy atom. The first-order chi connectivity index (χ1) is 17.4. The molecule has 2 saturated heterocycles. The third-order valence-electron chi connectivity index (χ3n) is 7.77. The molecule has 3 atom stereocenters. The molecular weight excluding hydrogens is 474 g/mol. The molecule has 36 heavy (non-hydrogen) atoms. The lowest BCUT2D eigenvalue weighted by Crippen LogP contribution is -2.35. The molecule has 0 bridgehead atoms. The highest BCUT2D eigenvalue weighted by Gasteiger charge is 2.42. The van der Waals surface area contributed by atoms with Crippen molar-refractivity contribution in [2.75, 3.05) is 32.7 Å². The normalized spacial score (nSPS) is 22.0. The molecule has 6 nitrogen and oxygen atoms in total. The Kier molecular flexibility index (Phi) is 9.27. The van der Waals surface area contributed by atoms with Crippen molar-refractivity contribution < 1.29 is 14.7 Å². The third kappa shape index (κ3) is 6.80. The quantitative estimate of drug-likeness (QED) is 0.498. The Bertz CT molecular complexity index is 986. The molecule has 2 unspecified atom stereocenters. The van der Waals surface area contributed by atoms with Crippen molar-refractivity contribution in [1.82, 2.24) is 15.1 Å². The van der Waals surface area contributed by atoms with Gasteiger partial charge in [-0.15, -0.1) is 0 Å². The molecule has 2 aliphatic heterocycles. The Hall–Kier alpha value is -2.57. The zero-order chi connectivity index (χ0) is 25.5. The molecule has 0 aromatic heterocycles. The summed E-state index contributed by atoms with van der Waals surface area (Å²) in [6, 6.07) is 15.0. The molecule has 0 spiro atoms. The van der Waals surface area contributed by atoms with Gasteiger partial charge in [-0.05, 0) is 42.4 Å². The number of nitrogens with one attached hydrogen (secondary N) is 1. The van der Waals surface area contributed by atoms with E-state index in [4.69, 9.17) is 11.6 Å². The summed E-state index contributed by atoms with van der Waals surface area (Å²) in [7, 11) is 0. The van der Waals surface area contributed by atoms with Gasteiger partial charge in [-0.2, -0.15) is 0 Å². The van der Waals surface area contributed by atoms with Crippen LogP contribution in [0.25, 0.3) is 0 Å². The van der Waals surface area contributed by atoms with E-state index >= 15 is 0 Å². The standard InChI is InChI=1S/C24H28ClN3O3.C5H10/c1-16-6-5-9-20(25)22(16)23(29)28-14-18-12-27(13-19(18)15-28)11-10-21(26-24(30)31)17-7-3-2-4-8-17;1-2-4-5-3-1/h2-9,18-19,21,26H,10-15H2,1H3,(H,30,31);1-5H2/t18-,19?,21?;/m0./s1. The fourth-order valence-electron chi connectivity index (χ4n) is 5.85. The number of fused-ring (bicyclic) bond motifs is 1. The minimum atomic E-state index is -1.00. The molecule has 3 fully saturated rings. The van der Waals surface area contributed by atoms with Gasteiger partial charge in [0, 0.05) is 32.7 Å². The van der Waals surface area contributed by atoms with Crippen LogP contribution in [-0.4, -0.2) is 59.6 Å². The zero-order valence-electron chi connectivity index (χ0n) is 21.2. The van der Waals surface area contributed by atoms with Crippen LogP contribution in [0.2, 0.25) is 5.02 Å². The van der Waals surface area contributed by atoms with Crippen molar-refractivity contribution in [3.8, 4) is 0 Å². The van der Waals surface area contributed by atoms with Gasteiger partial charge in [0.05, 0.1) is 16.6 Å². The molecule has 2 aromatic carbocycles. The van der Waals surface area contributed by atoms with Gasteiger partial charge >= 0.3 is 6.09 Å². The topological polar surface area (TPSA) is 72.9 Å². The van der Waals surface area contributed by atoms with E-state index in [0.29, 0.717) is 22.4 Å². The van der Waals surface area contributed by atoms with E-state index in [1.54, 1.807) is 6.07 Å². The average Bonchev–Trinajstić information content (AvgIpc) is 3.61. The monoisotopic (exact) mass is 511 g/mol.